The van der Waals surface area contributed by atoms with Gasteiger partial charge in [-0.15, -0.1) is 0 Å². The lowest BCUT2D eigenvalue weighted by Gasteiger charge is -2.27. The quantitative estimate of drug-likeness (QED) is 0.686. The molecule has 1 fully saturated rings. The highest BCUT2D eigenvalue weighted by Gasteiger charge is 2.24. The second kappa shape index (κ2) is 7.49. The van der Waals surface area contributed by atoms with Crippen LogP contribution in [0.25, 0.3) is 0 Å². The fraction of sp³-hybridized carbons (Fsp3) is 0.867. The van der Waals surface area contributed by atoms with Gasteiger partial charge in [0.2, 0.25) is 0 Å². The number of aliphatic carboxylic acids is 1. The Balaban J connectivity index is 2.32. The SMILES string of the molecule is CC(C)(C#N)CCCCN(CC(=O)O)C1CCCC1. The maximum absolute atomic E-state index is 10.9. The minimum Gasteiger partial charge on any atom is -0.480 e. The van der Waals surface area contributed by atoms with Crippen molar-refractivity contribution >= 4 is 5.97 Å². The number of nitrogens with zero attached hydrogens (tertiary/aromatic N) is 2. The summed E-state index contributed by atoms with van der Waals surface area (Å²) in [5, 5.41) is 17.9. The van der Waals surface area contributed by atoms with Gasteiger partial charge in [-0.25, -0.2) is 0 Å². The lowest BCUT2D eigenvalue weighted by atomic mass is 9.89. The maximum atomic E-state index is 10.9. The van der Waals surface area contributed by atoms with E-state index in [-0.39, 0.29) is 12.0 Å². The van der Waals surface area contributed by atoms with Gasteiger partial charge in [-0.2, -0.15) is 5.26 Å². The van der Waals surface area contributed by atoms with E-state index in [4.69, 9.17) is 10.4 Å². The fourth-order valence-electron chi connectivity index (χ4n) is 2.77. The minimum absolute atomic E-state index is 0.159. The molecule has 4 nitrogen and oxygen atoms in total. The number of unbranched alkanes of at least 4 members (excludes halogenated alkanes) is 1. The molecule has 0 aromatic heterocycles. The van der Waals surface area contributed by atoms with Gasteiger partial charge in [0.1, 0.15) is 0 Å². The van der Waals surface area contributed by atoms with Crippen LogP contribution in [0.3, 0.4) is 0 Å². The largest absolute Gasteiger partial charge is 0.480 e. The molecule has 0 aromatic carbocycles. The van der Waals surface area contributed by atoms with Gasteiger partial charge in [0.15, 0.2) is 0 Å². The highest BCUT2D eigenvalue weighted by Crippen LogP contribution is 2.25. The summed E-state index contributed by atoms with van der Waals surface area (Å²) in [6.07, 6.45) is 7.58. The molecular formula is C15H26N2O2. The molecule has 1 rings (SSSR count). The molecule has 0 radical (unpaired) electrons. The Bertz CT molecular complexity index is 328. The average molecular weight is 266 g/mol. The minimum atomic E-state index is -0.732. The van der Waals surface area contributed by atoms with E-state index in [0.29, 0.717) is 6.04 Å². The second-order valence-electron chi connectivity index (χ2n) is 6.26. The predicted octanol–water partition coefficient (Wildman–Crippen LogP) is 3.04. The molecule has 0 unspecified atom stereocenters. The van der Waals surface area contributed by atoms with Gasteiger partial charge in [-0.1, -0.05) is 19.3 Å². The number of carbonyl (C=O) groups is 1. The summed E-state index contributed by atoms with van der Waals surface area (Å²) in [4.78, 5) is 13.0. The van der Waals surface area contributed by atoms with Crippen LogP contribution in [0.4, 0.5) is 0 Å². The molecule has 0 bridgehead atoms. The van der Waals surface area contributed by atoms with Crippen molar-refractivity contribution in [1.29, 1.82) is 5.26 Å². The van der Waals surface area contributed by atoms with Crippen LogP contribution in [0, 0.1) is 16.7 Å². The Morgan fingerprint density at radius 3 is 2.53 bits per heavy atom. The Kier molecular flexibility index (Phi) is 6.30. The summed E-state index contributed by atoms with van der Waals surface area (Å²) in [6.45, 7) is 4.92. The Labute approximate surface area is 116 Å². The maximum Gasteiger partial charge on any atom is 0.317 e. The lowest BCUT2D eigenvalue weighted by molar-refractivity contribution is -0.138. The third kappa shape index (κ3) is 6.07. The number of rotatable bonds is 8. The standard InChI is InChI=1S/C15H26N2O2/c1-15(2,12-16)9-5-6-10-17(11-14(18)19)13-7-3-4-8-13/h13H,3-11H2,1-2H3,(H,18,19). The van der Waals surface area contributed by atoms with Crippen molar-refractivity contribution in [3.8, 4) is 6.07 Å². The van der Waals surface area contributed by atoms with E-state index >= 15 is 0 Å². The van der Waals surface area contributed by atoms with Crippen LogP contribution >= 0.6 is 0 Å². The normalized spacial score (nSPS) is 16.7. The van der Waals surface area contributed by atoms with Gasteiger partial charge < -0.3 is 5.11 Å². The number of hydrogen-bond donors (Lipinski definition) is 1. The van der Waals surface area contributed by atoms with Crippen molar-refractivity contribution in [2.75, 3.05) is 13.1 Å². The molecule has 4 heteroatoms. The zero-order valence-corrected chi connectivity index (χ0v) is 12.2. The average Bonchev–Trinajstić information content (AvgIpc) is 2.86. The fourth-order valence-corrected chi connectivity index (χ4v) is 2.77. The molecule has 0 atom stereocenters. The molecule has 1 aliphatic carbocycles. The predicted molar refractivity (Wildman–Crippen MR) is 74.7 cm³/mol. The van der Waals surface area contributed by atoms with Crippen LogP contribution in [-0.2, 0) is 4.79 Å². The third-order valence-corrected chi connectivity index (χ3v) is 3.98. The molecule has 0 spiro atoms. The summed E-state index contributed by atoms with van der Waals surface area (Å²) >= 11 is 0. The van der Waals surface area contributed by atoms with Crippen LogP contribution in [0.15, 0.2) is 0 Å². The number of carboxylic acids is 1. The van der Waals surface area contributed by atoms with Gasteiger partial charge in [0, 0.05) is 6.04 Å². The first-order valence-corrected chi connectivity index (χ1v) is 7.32. The van der Waals surface area contributed by atoms with E-state index in [2.05, 4.69) is 11.0 Å². The van der Waals surface area contributed by atoms with Gasteiger partial charge in [0.05, 0.1) is 18.0 Å². The second-order valence-corrected chi connectivity index (χ2v) is 6.26. The van der Waals surface area contributed by atoms with Gasteiger partial charge in [-0.05, 0) is 46.1 Å². The van der Waals surface area contributed by atoms with Crippen molar-refractivity contribution in [3.63, 3.8) is 0 Å². The van der Waals surface area contributed by atoms with Gasteiger partial charge in [0.25, 0.3) is 0 Å². The van der Waals surface area contributed by atoms with E-state index in [1.807, 2.05) is 13.8 Å². The van der Waals surface area contributed by atoms with E-state index in [1.165, 1.54) is 12.8 Å². The van der Waals surface area contributed by atoms with Crippen molar-refractivity contribution in [1.82, 2.24) is 4.90 Å². The summed E-state index contributed by atoms with van der Waals surface area (Å²) in [5.74, 6) is -0.732. The first-order chi connectivity index (χ1) is 8.94. The lowest BCUT2D eigenvalue weighted by Crippen LogP contribution is -2.38. The van der Waals surface area contributed by atoms with Crippen molar-refractivity contribution in [2.45, 2.75) is 64.8 Å². The summed E-state index contributed by atoms with van der Waals surface area (Å²) in [6, 6.07) is 2.77. The Morgan fingerprint density at radius 2 is 2.00 bits per heavy atom. The molecule has 1 N–H and O–H groups in total. The number of carboxylic acid groups (broad SMARTS) is 1. The van der Waals surface area contributed by atoms with Crippen molar-refractivity contribution in [3.05, 3.63) is 0 Å². The molecule has 0 saturated heterocycles. The van der Waals surface area contributed by atoms with Crippen LogP contribution < -0.4 is 0 Å². The smallest absolute Gasteiger partial charge is 0.317 e. The zero-order valence-electron chi connectivity index (χ0n) is 12.2. The molecule has 1 aliphatic rings. The van der Waals surface area contributed by atoms with Crippen LogP contribution in [0.1, 0.15) is 58.8 Å². The zero-order chi connectivity index (χ0) is 14.3. The van der Waals surface area contributed by atoms with E-state index in [9.17, 15) is 4.79 Å². The van der Waals surface area contributed by atoms with Gasteiger partial charge >= 0.3 is 5.97 Å². The topological polar surface area (TPSA) is 64.3 Å². The first-order valence-electron chi connectivity index (χ1n) is 7.32. The highest BCUT2D eigenvalue weighted by molar-refractivity contribution is 5.69. The molecule has 108 valence electrons. The van der Waals surface area contributed by atoms with E-state index in [0.717, 1.165) is 38.6 Å². The third-order valence-electron chi connectivity index (χ3n) is 3.98. The Hall–Kier alpha value is -1.08. The van der Waals surface area contributed by atoms with Crippen molar-refractivity contribution < 1.29 is 9.90 Å². The molecular weight excluding hydrogens is 240 g/mol. The number of nitriles is 1. The summed E-state index contributed by atoms with van der Waals surface area (Å²) < 4.78 is 0. The number of hydrogen-bond acceptors (Lipinski definition) is 3. The highest BCUT2D eigenvalue weighted by atomic mass is 16.4. The summed E-state index contributed by atoms with van der Waals surface area (Å²) in [7, 11) is 0. The van der Waals surface area contributed by atoms with Crippen LogP contribution in [-0.4, -0.2) is 35.1 Å². The monoisotopic (exact) mass is 266 g/mol. The summed E-state index contributed by atoms with van der Waals surface area (Å²) in [5.41, 5.74) is -0.259. The van der Waals surface area contributed by atoms with Crippen LogP contribution in [0.2, 0.25) is 0 Å². The van der Waals surface area contributed by atoms with E-state index in [1.54, 1.807) is 0 Å². The molecule has 0 aromatic rings. The molecule has 19 heavy (non-hydrogen) atoms. The van der Waals surface area contributed by atoms with Crippen molar-refractivity contribution in [2.24, 2.45) is 5.41 Å². The van der Waals surface area contributed by atoms with Crippen LogP contribution in [0.5, 0.6) is 0 Å². The van der Waals surface area contributed by atoms with Gasteiger partial charge in [-0.3, -0.25) is 9.69 Å². The first kappa shape index (κ1) is 16.0. The molecule has 0 aliphatic heterocycles. The van der Waals surface area contributed by atoms with E-state index < -0.39 is 5.97 Å². The molecule has 0 heterocycles. The Morgan fingerprint density at radius 1 is 1.37 bits per heavy atom. The molecule has 0 amide bonds. The molecule has 1 saturated carbocycles.